The van der Waals surface area contributed by atoms with Crippen molar-refractivity contribution in [1.29, 1.82) is 0 Å². The van der Waals surface area contributed by atoms with Gasteiger partial charge in [-0.3, -0.25) is 4.98 Å². The first kappa shape index (κ1) is 14.7. The molecule has 1 nitrogen and oxygen atoms in total. The fourth-order valence-electron chi connectivity index (χ4n) is 2.51. The second kappa shape index (κ2) is 6.24. The third-order valence-electron chi connectivity index (χ3n) is 3.51. The molecule has 1 atom stereocenters. The maximum absolute atomic E-state index is 14.3. The molecule has 1 heterocycles. The predicted octanol–water partition coefficient (Wildman–Crippen LogP) is 5.19. The van der Waals surface area contributed by atoms with Crippen LogP contribution in [0.25, 0.3) is 0 Å². The van der Waals surface area contributed by atoms with E-state index in [1.807, 2.05) is 0 Å². The predicted molar refractivity (Wildman–Crippen MR) is 83.0 cm³/mol. The molecule has 3 aromatic rings. The average molecular weight is 316 g/mol. The standard InChI is InChI=1S/C18H12ClF2N/c19-14-8-6-12(7-9-14)17(13-3-2-10-22-11-13)18-15(20)4-1-5-16(18)21/h1-11,17H. The summed E-state index contributed by atoms with van der Waals surface area (Å²) in [5, 5.41) is 0.572. The summed E-state index contributed by atoms with van der Waals surface area (Å²) in [5.41, 5.74) is 1.48. The van der Waals surface area contributed by atoms with E-state index in [4.69, 9.17) is 11.6 Å². The lowest BCUT2D eigenvalue weighted by Crippen LogP contribution is -2.08. The Morgan fingerprint density at radius 1 is 0.818 bits per heavy atom. The molecule has 0 saturated carbocycles. The number of nitrogens with zero attached hydrogens (tertiary/aromatic N) is 1. The average Bonchev–Trinajstić information content (AvgIpc) is 2.53. The van der Waals surface area contributed by atoms with E-state index in [0.29, 0.717) is 10.6 Å². The molecular formula is C18H12ClF2N. The van der Waals surface area contributed by atoms with Crippen LogP contribution in [-0.4, -0.2) is 4.98 Å². The maximum atomic E-state index is 14.3. The van der Waals surface area contributed by atoms with Crippen LogP contribution in [0.4, 0.5) is 8.78 Å². The van der Waals surface area contributed by atoms with E-state index >= 15 is 0 Å². The van der Waals surface area contributed by atoms with Gasteiger partial charge in [0.2, 0.25) is 0 Å². The Morgan fingerprint density at radius 3 is 2.09 bits per heavy atom. The van der Waals surface area contributed by atoms with E-state index in [2.05, 4.69) is 4.98 Å². The van der Waals surface area contributed by atoms with Crippen LogP contribution in [0.2, 0.25) is 5.02 Å². The van der Waals surface area contributed by atoms with Crippen molar-refractivity contribution < 1.29 is 8.78 Å². The second-order valence-corrected chi connectivity index (χ2v) is 5.34. The van der Waals surface area contributed by atoms with Gasteiger partial charge in [-0.15, -0.1) is 0 Å². The van der Waals surface area contributed by atoms with Gasteiger partial charge in [0.1, 0.15) is 11.6 Å². The number of pyridine rings is 1. The number of benzene rings is 2. The molecule has 0 fully saturated rings. The molecule has 2 aromatic carbocycles. The highest BCUT2D eigenvalue weighted by Crippen LogP contribution is 2.35. The Kier molecular flexibility index (Phi) is 4.16. The molecule has 0 radical (unpaired) electrons. The zero-order valence-electron chi connectivity index (χ0n) is 11.5. The van der Waals surface area contributed by atoms with Crippen molar-refractivity contribution in [3.63, 3.8) is 0 Å². The fourth-order valence-corrected chi connectivity index (χ4v) is 2.64. The summed E-state index contributed by atoms with van der Waals surface area (Å²) in [7, 11) is 0. The molecule has 1 unspecified atom stereocenters. The summed E-state index contributed by atoms with van der Waals surface area (Å²) in [5.74, 6) is -1.74. The zero-order valence-corrected chi connectivity index (χ0v) is 12.3. The van der Waals surface area contributed by atoms with Crippen molar-refractivity contribution in [2.75, 3.05) is 0 Å². The lowest BCUT2D eigenvalue weighted by molar-refractivity contribution is 0.551. The van der Waals surface area contributed by atoms with Gasteiger partial charge < -0.3 is 0 Å². The van der Waals surface area contributed by atoms with Gasteiger partial charge >= 0.3 is 0 Å². The van der Waals surface area contributed by atoms with Gasteiger partial charge in [-0.1, -0.05) is 35.9 Å². The number of rotatable bonds is 3. The minimum atomic E-state index is -0.580. The lowest BCUT2D eigenvalue weighted by atomic mass is 9.85. The molecule has 110 valence electrons. The summed E-state index contributed by atoms with van der Waals surface area (Å²) in [6.45, 7) is 0. The van der Waals surface area contributed by atoms with E-state index < -0.39 is 17.6 Å². The quantitative estimate of drug-likeness (QED) is 0.648. The van der Waals surface area contributed by atoms with Crippen molar-refractivity contribution in [3.8, 4) is 0 Å². The third-order valence-corrected chi connectivity index (χ3v) is 3.76. The van der Waals surface area contributed by atoms with E-state index in [0.717, 1.165) is 5.56 Å². The van der Waals surface area contributed by atoms with Crippen LogP contribution in [0.5, 0.6) is 0 Å². The zero-order chi connectivity index (χ0) is 15.5. The maximum Gasteiger partial charge on any atom is 0.130 e. The molecule has 0 aliphatic heterocycles. The molecule has 1 aromatic heterocycles. The van der Waals surface area contributed by atoms with Crippen LogP contribution < -0.4 is 0 Å². The van der Waals surface area contributed by atoms with Crippen LogP contribution in [0, 0.1) is 11.6 Å². The van der Waals surface area contributed by atoms with Gasteiger partial charge in [0, 0.05) is 28.9 Å². The Labute approximate surface area is 132 Å². The van der Waals surface area contributed by atoms with Crippen molar-refractivity contribution in [1.82, 2.24) is 4.98 Å². The minimum absolute atomic E-state index is 0.0119. The van der Waals surface area contributed by atoms with Gasteiger partial charge in [0.25, 0.3) is 0 Å². The van der Waals surface area contributed by atoms with Gasteiger partial charge in [-0.05, 0) is 41.5 Å². The first-order chi connectivity index (χ1) is 10.7. The fraction of sp³-hybridized carbons (Fsp3) is 0.0556. The molecule has 0 bridgehead atoms. The van der Waals surface area contributed by atoms with Gasteiger partial charge in [0.15, 0.2) is 0 Å². The van der Waals surface area contributed by atoms with Crippen LogP contribution >= 0.6 is 11.6 Å². The molecule has 4 heteroatoms. The molecule has 0 N–H and O–H groups in total. The molecule has 0 saturated heterocycles. The summed E-state index contributed by atoms with van der Waals surface area (Å²) in [6, 6.07) is 14.4. The van der Waals surface area contributed by atoms with Crippen molar-refractivity contribution in [3.05, 3.63) is 100 Å². The van der Waals surface area contributed by atoms with E-state index in [-0.39, 0.29) is 5.56 Å². The smallest absolute Gasteiger partial charge is 0.130 e. The number of hydrogen-bond donors (Lipinski definition) is 0. The van der Waals surface area contributed by atoms with Gasteiger partial charge in [0.05, 0.1) is 0 Å². The highest BCUT2D eigenvalue weighted by molar-refractivity contribution is 6.30. The topological polar surface area (TPSA) is 12.9 Å². The Balaban J connectivity index is 2.22. The van der Waals surface area contributed by atoms with Crippen LogP contribution in [0.3, 0.4) is 0 Å². The second-order valence-electron chi connectivity index (χ2n) is 4.91. The normalized spacial score (nSPS) is 12.1. The SMILES string of the molecule is Fc1cccc(F)c1C(c1ccc(Cl)cc1)c1cccnc1. The summed E-state index contributed by atoms with van der Waals surface area (Å²) < 4.78 is 28.5. The largest absolute Gasteiger partial charge is 0.264 e. The van der Waals surface area contributed by atoms with E-state index in [1.54, 1.807) is 48.8 Å². The highest BCUT2D eigenvalue weighted by atomic mass is 35.5. The Hall–Kier alpha value is -2.26. The summed E-state index contributed by atoms with van der Waals surface area (Å²) in [4.78, 5) is 4.06. The minimum Gasteiger partial charge on any atom is -0.264 e. The van der Waals surface area contributed by atoms with E-state index in [9.17, 15) is 8.78 Å². The van der Waals surface area contributed by atoms with Gasteiger partial charge in [-0.25, -0.2) is 8.78 Å². The first-order valence-corrected chi connectivity index (χ1v) is 7.14. The molecule has 0 aliphatic carbocycles. The Bertz CT molecular complexity index is 753. The molecule has 0 spiro atoms. The summed E-state index contributed by atoms with van der Waals surface area (Å²) in [6.07, 6.45) is 3.24. The monoisotopic (exact) mass is 315 g/mol. The number of halogens is 3. The molecule has 0 amide bonds. The number of aromatic nitrogens is 1. The van der Waals surface area contributed by atoms with Crippen molar-refractivity contribution in [2.24, 2.45) is 0 Å². The molecular weight excluding hydrogens is 304 g/mol. The van der Waals surface area contributed by atoms with Crippen molar-refractivity contribution >= 4 is 11.6 Å². The molecule has 0 aliphatic rings. The van der Waals surface area contributed by atoms with Crippen LogP contribution in [0.15, 0.2) is 67.0 Å². The highest BCUT2D eigenvalue weighted by Gasteiger charge is 2.23. The number of hydrogen-bond acceptors (Lipinski definition) is 1. The Morgan fingerprint density at radius 2 is 1.50 bits per heavy atom. The van der Waals surface area contributed by atoms with E-state index in [1.165, 1.54) is 18.2 Å². The van der Waals surface area contributed by atoms with Crippen molar-refractivity contribution in [2.45, 2.75) is 5.92 Å². The van der Waals surface area contributed by atoms with Crippen LogP contribution in [0.1, 0.15) is 22.6 Å². The molecule has 3 rings (SSSR count). The first-order valence-electron chi connectivity index (χ1n) is 6.76. The van der Waals surface area contributed by atoms with Gasteiger partial charge in [-0.2, -0.15) is 0 Å². The third kappa shape index (κ3) is 2.85. The summed E-state index contributed by atoms with van der Waals surface area (Å²) >= 11 is 5.91. The van der Waals surface area contributed by atoms with Crippen LogP contribution in [-0.2, 0) is 0 Å². The lowest BCUT2D eigenvalue weighted by Gasteiger charge is -2.19. The molecule has 22 heavy (non-hydrogen) atoms.